The van der Waals surface area contributed by atoms with E-state index in [2.05, 4.69) is 9.72 Å². The predicted octanol–water partition coefficient (Wildman–Crippen LogP) is 1.68. The fourth-order valence-electron chi connectivity index (χ4n) is 1.20. The zero-order chi connectivity index (χ0) is 9.10. The monoisotopic (exact) mass is 172 g/mol. The summed E-state index contributed by atoms with van der Waals surface area (Å²) in [6, 6.07) is 9.12. The summed E-state index contributed by atoms with van der Waals surface area (Å²) in [6.07, 6.45) is 1.65. The molecular formula is C10H6NO2. The van der Waals surface area contributed by atoms with Gasteiger partial charge in [0.05, 0.1) is 0 Å². The van der Waals surface area contributed by atoms with Gasteiger partial charge in [0.1, 0.15) is 5.52 Å². The van der Waals surface area contributed by atoms with Gasteiger partial charge in [0.2, 0.25) is 0 Å². The number of hydrogen-bond donors (Lipinski definition) is 0. The molecule has 0 aliphatic rings. The van der Waals surface area contributed by atoms with E-state index < -0.39 is 0 Å². The first-order valence-electron chi connectivity index (χ1n) is 3.79. The normalized spacial score (nSPS) is 9.85. The molecule has 1 aromatic heterocycles. The number of hydrogen-bond acceptors (Lipinski definition) is 3. The molecule has 0 N–H and O–H groups in total. The molecule has 0 aliphatic heterocycles. The van der Waals surface area contributed by atoms with E-state index in [-0.39, 0.29) is 0 Å². The highest BCUT2D eigenvalue weighted by molar-refractivity contribution is 5.85. The van der Waals surface area contributed by atoms with Crippen LogP contribution in [0.3, 0.4) is 0 Å². The topological polar surface area (TPSA) is 39.2 Å². The summed E-state index contributed by atoms with van der Waals surface area (Å²) in [5.41, 5.74) is 0.674. The highest BCUT2D eigenvalue weighted by atomic mass is 16.5. The highest BCUT2D eigenvalue weighted by Crippen LogP contribution is 2.21. The molecular weight excluding hydrogens is 166 g/mol. The average molecular weight is 172 g/mol. The number of rotatable bonds is 2. The summed E-state index contributed by atoms with van der Waals surface area (Å²) in [4.78, 5) is 14.1. The van der Waals surface area contributed by atoms with Crippen LogP contribution in [0.2, 0.25) is 0 Å². The number of nitrogens with zero attached hydrogens (tertiary/aromatic N) is 1. The predicted molar refractivity (Wildman–Crippen MR) is 48.1 cm³/mol. The van der Waals surface area contributed by atoms with E-state index in [1.807, 2.05) is 18.2 Å². The van der Waals surface area contributed by atoms with E-state index >= 15 is 0 Å². The summed E-state index contributed by atoms with van der Waals surface area (Å²) in [5.74, 6) is 0.438. The minimum atomic E-state index is 0.438. The molecule has 0 amide bonds. The smallest absolute Gasteiger partial charge is 0.416 e. The number of para-hydroxylation sites is 1. The Bertz CT molecular complexity index is 434. The van der Waals surface area contributed by atoms with Crippen molar-refractivity contribution in [3.8, 4) is 5.75 Å². The van der Waals surface area contributed by atoms with Crippen LogP contribution >= 0.6 is 0 Å². The van der Waals surface area contributed by atoms with Crippen LogP contribution in [0.15, 0.2) is 36.5 Å². The lowest BCUT2D eigenvalue weighted by atomic mass is 10.2. The SMILES string of the molecule is O=[C]Oc1cccc2cccnc12. The zero-order valence-electron chi connectivity index (χ0n) is 6.73. The Morgan fingerprint density at radius 2 is 2.08 bits per heavy atom. The number of aromatic nitrogens is 1. The molecule has 0 atom stereocenters. The lowest BCUT2D eigenvalue weighted by Gasteiger charge is -2.00. The van der Waals surface area contributed by atoms with Crippen LogP contribution in [0.4, 0.5) is 0 Å². The van der Waals surface area contributed by atoms with Crippen molar-refractivity contribution in [1.82, 2.24) is 4.98 Å². The first-order valence-corrected chi connectivity index (χ1v) is 3.79. The minimum Gasteiger partial charge on any atom is -0.416 e. The maximum Gasteiger partial charge on any atom is 0.423 e. The zero-order valence-corrected chi connectivity index (χ0v) is 6.73. The Balaban J connectivity index is 2.68. The largest absolute Gasteiger partial charge is 0.423 e. The molecule has 2 aromatic rings. The minimum absolute atomic E-state index is 0.438. The van der Waals surface area contributed by atoms with Gasteiger partial charge in [-0.1, -0.05) is 18.2 Å². The molecule has 3 heteroatoms. The second kappa shape index (κ2) is 3.23. The Labute approximate surface area is 75.0 Å². The molecule has 0 aliphatic carbocycles. The third kappa shape index (κ3) is 1.36. The second-order valence-electron chi connectivity index (χ2n) is 2.52. The van der Waals surface area contributed by atoms with E-state index in [1.165, 1.54) is 6.47 Å². The summed E-state index contributed by atoms with van der Waals surface area (Å²) in [5, 5.41) is 0.940. The van der Waals surface area contributed by atoms with Crippen molar-refractivity contribution < 1.29 is 9.53 Å². The van der Waals surface area contributed by atoms with Crippen LogP contribution in [-0.2, 0) is 4.79 Å². The van der Waals surface area contributed by atoms with Crippen molar-refractivity contribution >= 4 is 17.4 Å². The standard InChI is InChI=1S/C10H6NO2/c12-7-13-9-5-1-3-8-4-2-6-11-10(8)9/h1-6H. The highest BCUT2D eigenvalue weighted by Gasteiger charge is 2.01. The second-order valence-corrected chi connectivity index (χ2v) is 2.52. The van der Waals surface area contributed by atoms with E-state index in [1.54, 1.807) is 18.3 Å². The Hall–Kier alpha value is -1.90. The van der Waals surface area contributed by atoms with Gasteiger partial charge in [-0.05, 0) is 12.1 Å². The van der Waals surface area contributed by atoms with E-state index in [9.17, 15) is 4.79 Å². The van der Waals surface area contributed by atoms with Gasteiger partial charge in [0, 0.05) is 11.6 Å². The maximum absolute atomic E-state index is 10.0. The van der Waals surface area contributed by atoms with Crippen molar-refractivity contribution in [3.63, 3.8) is 0 Å². The van der Waals surface area contributed by atoms with Crippen LogP contribution in [-0.4, -0.2) is 11.5 Å². The molecule has 1 radical (unpaired) electrons. The van der Waals surface area contributed by atoms with Crippen molar-refractivity contribution in [2.45, 2.75) is 0 Å². The maximum atomic E-state index is 10.0. The van der Waals surface area contributed by atoms with Gasteiger partial charge in [0.15, 0.2) is 5.75 Å². The van der Waals surface area contributed by atoms with Gasteiger partial charge in [-0.3, -0.25) is 4.98 Å². The Kier molecular flexibility index (Phi) is 1.92. The van der Waals surface area contributed by atoms with Gasteiger partial charge in [-0.2, -0.15) is 0 Å². The molecule has 0 spiro atoms. The van der Waals surface area contributed by atoms with E-state index in [0.717, 1.165) is 5.39 Å². The lowest BCUT2D eigenvalue weighted by molar-refractivity contribution is 0.445. The Morgan fingerprint density at radius 3 is 2.92 bits per heavy atom. The molecule has 0 saturated carbocycles. The summed E-state index contributed by atoms with van der Waals surface area (Å²) < 4.78 is 4.65. The van der Waals surface area contributed by atoms with E-state index in [0.29, 0.717) is 11.3 Å². The van der Waals surface area contributed by atoms with Gasteiger partial charge >= 0.3 is 6.47 Å². The summed E-state index contributed by atoms with van der Waals surface area (Å²) >= 11 is 0. The number of ether oxygens (including phenoxy) is 1. The van der Waals surface area contributed by atoms with Crippen LogP contribution in [0.5, 0.6) is 5.75 Å². The molecule has 0 bridgehead atoms. The molecule has 1 heterocycles. The van der Waals surface area contributed by atoms with E-state index in [4.69, 9.17) is 0 Å². The Morgan fingerprint density at radius 1 is 1.23 bits per heavy atom. The molecule has 1 aromatic carbocycles. The fraction of sp³-hybridized carbons (Fsp3) is 0. The first-order chi connectivity index (χ1) is 6.42. The van der Waals surface area contributed by atoms with Crippen molar-refractivity contribution in [3.05, 3.63) is 36.5 Å². The van der Waals surface area contributed by atoms with Crippen molar-refractivity contribution in [2.75, 3.05) is 0 Å². The third-order valence-corrected chi connectivity index (χ3v) is 1.75. The van der Waals surface area contributed by atoms with Crippen LogP contribution in [0.1, 0.15) is 0 Å². The van der Waals surface area contributed by atoms with Gasteiger partial charge < -0.3 is 4.74 Å². The molecule has 2 rings (SSSR count). The lowest BCUT2D eigenvalue weighted by Crippen LogP contribution is -1.90. The summed E-state index contributed by atoms with van der Waals surface area (Å²) in [7, 11) is 0. The number of benzene rings is 1. The molecule has 63 valence electrons. The summed E-state index contributed by atoms with van der Waals surface area (Å²) in [6.45, 7) is 1.39. The van der Waals surface area contributed by atoms with Crippen LogP contribution < -0.4 is 4.74 Å². The number of carbonyl (C=O) groups excluding carboxylic acids is 1. The molecule has 3 nitrogen and oxygen atoms in total. The third-order valence-electron chi connectivity index (χ3n) is 1.75. The van der Waals surface area contributed by atoms with Crippen LogP contribution in [0, 0.1) is 0 Å². The van der Waals surface area contributed by atoms with Crippen molar-refractivity contribution in [1.29, 1.82) is 0 Å². The molecule has 0 saturated heterocycles. The first kappa shape index (κ1) is 7.73. The van der Waals surface area contributed by atoms with Gasteiger partial charge in [-0.25, -0.2) is 4.79 Å². The number of fused-ring (bicyclic) bond motifs is 1. The van der Waals surface area contributed by atoms with Crippen LogP contribution in [0.25, 0.3) is 10.9 Å². The average Bonchev–Trinajstić information content (AvgIpc) is 2.19. The quantitative estimate of drug-likeness (QED) is 0.691. The number of pyridine rings is 1. The van der Waals surface area contributed by atoms with Gasteiger partial charge in [-0.15, -0.1) is 0 Å². The van der Waals surface area contributed by atoms with Gasteiger partial charge in [0.25, 0.3) is 0 Å². The molecule has 13 heavy (non-hydrogen) atoms. The molecule has 0 fully saturated rings. The fourth-order valence-corrected chi connectivity index (χ4v) is 1.20. The molecule has 0 unspecified atom stereocenters. The van der Waals surface area contributed by atoms with Crippen molar-refractivity contribution in [2.24, 2.45) is 0 Å².